The molecule has 0 spiro atoms. The first-order valence-corrected chi connectivity index (χ1v) is 12.5. The maximum atomic E-state index is 12.6. The van der Waals surface area contributed by atoms with Crippen LogP contribution in [0.25, 0.3) is 0 Å². The molecule has 0 amide bonds. The molecular formula is C16H25F3O5SSi. The molecule has 0 N–H and O–H groups in total. The summed E-state index contributed by atoms with van der Waals surface area (Å²) in [6.07, 6.45) is 4.56. The molecule has 2 atom stereocenters. The average molecular weight is 415 g/mol. The van der Waals surface area contributed by atoms with Crippen LogP contribution >= 0.6 is 0 Å². The predicted molar refractivity (Wildman–Crippen MR) is 93.3 cm³/mol. The summed E-state index contributed by atoms with van der Waals surface area (Å²) in [4.78, 5) is 0. The first-order chi connectivity index (χ1) is 11.4. The fourth-order valence-corrected chi connectivity index (χ4v) is 4.04. The Hall–Kier alpha value is -0.843. The molecule has 2 aliphatic heterocycles. The average Bonchev–Trinajstić information content (AvgIpc) is 2.64. The summed E-state index contributed by atoms with van der Waals surface area (Å²) >= 11 is 0. The van der Waals surface area contributed by atoms with Gasteiger partial charge in [0.25, 0.3) is 0 Å². The van der Waals surface area contributed by atoms with Crippen molar-refractivity contribution in [3.8, 4) is 0 Å². The second-order valence-corrected chi connectivity index (χ2v) is 14.9. The van der Waals surface area contributed by atoms with Crippen molar-refractivity contribution in [1.82, 2.24) is 0 Å². The third-order valence-corrected chi connectivity index (χ3v) is 10.5. The highest BCUT2D eigenvalue weighted by atomic mass is 32.2. The minimum absolute atomic E-state index is 0.0629. The Morgan fingerprint density at radius 2 is 1.81 bits per heavy atom. The number of alkyl halides is 3. The van der Waals surface area contributed by atoms with Crippen molar-refractivity contribution in [2.24, 2.45) is 0 Å². The van der Waals surface area contributed by atoms with Crippen LogP contribution < -0.4 is 0 Å². The third kappa shape index (κ3) is 4.18. The first kappa shape index (κ1) is 21.5. The van der Waals surface area contributed by atoms with Gasteiger partial charge in [0.2, 0.25) is 0 Å². The number of hydrogen-bond donors (Lipinski definition) is 0. The molecule has 150 valence electrons. The minimum atomic E-state index is -5.72. The van der Waals surface area contributed by atoms with E-state index in [4.69, 9.17) is 9.16 Å². The maximum Gasteiger partial charge on any atom is 0.534 e. The van der Waals surface area contributed by atoms with Gasteiger partial charge in [0.05, 0.1) is 12.2 Å². The zero-order valence-corrected chi connectivity index (χ0v) is 17.5. The largest absolute Gasteiger partial charge is 0.534 e. The van der Waals surface area contributed by atoms with Crippen LogP contribution in [0.3, 0.4) is 0 Å². The topological polar surface area (TPSA) is 61.8 Å². The highest BCUT2D eigenvalue weighted by Gasteiger charge is 2.52. The van der Waals surface area contributed by atoms with E-state index < -0.39 is 35.1 Å². The summed E-state index contributed by atoms with van der Waals surface area (Å²) in [5.41, 5.74) is -7.56. The van der Waals surface area contributed by atoms with Gasteiger partial charge in [-0.25, -0.2) is 0 Å². The number of fused-ring (bicyclic) bond motifs is 2. The molecule has 2 aliphatic rings. The van der Waals surface area contributed by atoms with Crippen LogP contribution in [0.15, 0.2) is 24.0 Å². The molecule has 10 heteroatoms. The predicted octanol–water partition coefficient (Wildman–Crippen LogP) is 4.25. The Kier molecular flexibility index (Phi) is 5.02. The Morgan fingerprint density at radius 3 is 2.31 bits per heavy atom. The number of ether oxygens (including phenoxy) is 1. The standard InChI is InChI=1S/C16H25F3O5SSi/c1-13(2,3)26(5,6)22-11-15-8-7-14(4,24-15)9-12(10-15)23-25(20,21)16(17,18)19/h7-8,10H,9,11H2,1-6H3. The van der Waals surface area contributed by atoms with Crippen LogP contribution in [0.2, 0.25) is 18.1 Å². The van der Waals surface area contributed by atoms with E-state index >= 15 is 0 Å². The molecule has 0 aliphatic carbocycles. The van der Waals surface area contributed by atoms with Crippen LogP contribution in [0.1, 0.15) is 34.1 Å². The van der Waals surface area contributed by atoms with Crippen molar-refractivity contribution in [3.05, 3.63) is 24.0 Å². The lowest BCUT2D eigenvalue weighted by Crippen LogP contribution is -2.48. The molecule has 0 aromatic rings. The van der Waals surface area contributed by atoms with E-state index in [9.17, 15) is 21.6 Å². The van der Waals surface area contributed by atoms with Gasteiger partial charge < -0.3 is 13.3 Å². The normalized spacial score (nSPS) is 29.7. The monoisotopic (exact) mass is 414 g/mol. The Morgan fingerprint density at radius 1 is 1.23 bits per heavy atom. The summed E-state index contributed by atoms with van der Waals surface area (Å²) < 4.78 is 77.0. The van der Waals surface area contributed by atoms with Crippen LogP contribution in [0.4, 0.5) is 13.2 Å². The van der Waals surface area contributed by atoms with E-state index in [0.29, 0.717) is 0 Å². The first-order valence-electron chi connectivity index (χ1n) is 8.17. The van der Waals surface area contributed by atoms with Gasteiger partial charge in [-0.3, -0.25) is 0 Å². The van der Waals surface area contributed by atoms with Crippen LogP contribution in [0.5, 0.6) is 0 Å². The molecule has 0 saturated carbocycles. The summed E-state index contributed by atoms with van der Waals surface area (Å²) in [6.45, 7) is 12.0. The van der Waals surface area contributed by atoms with Gasteiger partial charge in [-0.2, -0.15) is 21.6 Å². The lowest BCUT2D eigenvalue weighted by atomic mass is 9.98. The second-order valence-electron chi connectivity index (χ2n) is 8.52. The van der Waals surface area contributed by atoms with Crippen LogP contribution in [-0.2, 0) is 23.5 Å². The number of hydrogen-bond acceptors (Lipinski definition) is 5. The van der Waals surface area contributed by atoms with E-state index in [1.807, 2.05) is 13.1 Å². The summed E-state index contributed by atoms with van der Waals surface area (Å²) in [5.74, 6) is -0.292. The van der Waals surface area contributed by atoms with E-state index in [0.717, 1.165) is 0 Å². The van der Waals surface area contributed by atoms with Gasteiger partial charge in [-0.1, -0.05) is 26.8 Å². The fraction of sp³-hybridized carbons (Fsp3) is 0.750. The molecular weight excluding hydrogens is 389 g/mol. The van der Waals surface area contributed by atoms with Crippen molar-refractivity contribution < 1.29 is 34.9 Å². The third-order valence-electron chi connectivity index (χ3n) is 5.04. The number of halogens is 3. The molecule has 2 bridgehead atoms. The smallest absolute Gasteiger partial charge is 0.413 e. The highest BCUT2D eigenvalue weighted by Crippen LogP contribution is 2.45. The van der Waals surface area contributed by atoms with Gasteiger partial charge >= 0.3 is 15.6 Å². The summed E-state index contributed by atoms with van der Waals surface area (Å²) in [5, 5.41) is -0.0629. The van der Waals surface area contributed by atoms with E-state index in [2.05, 4.69) is 25.0 Å². The Bertz CT molecular complexity index is 736. The summed E-state index contributed by atoms with van der Waals surface area (Å²) in [6, 6.07) is 0. The van der Waals surface area contributed by atoms with Crippen LogP contribution in [0, 0.1) is 0 Å². The molecule has 26 heavy (non-hydrogen) atoms. The molecule has 2 heterocycles. The van der Waals surface area contributed by atoms with Crippen molar-refractivity contribution in [1.29, 1.82) is 0 Å². The molecule has 0 fully saturated rings. The lowest BCUT2D eigenvalue weighted by Gasteiger charge is -2.41. The van der Waals surface area contributed by atoms with E-state index in [-0.39, 0.29) is 23.8 Å². The van der Waals surface area contributed by atoms with Gasteiger partial charge in [0, 0.05) is 6.42 Å². The minimum Gasteiger partial charge on any atom is -0.413 e. The fourth-order valence-electron chi connectivity index (χ4n) is 2.53. The van der Waals surface area contributed by atoms with Gasteiger partial charge in [-0.15, -0.1) is 0 Å². The zero-order valence-electron chi connectivity index (χ0n) is 15.7. The van der Waals surface area contributed by atoms with Crippen molar-refractivity contribution >= 4 is 18.4 Å². The van der Waals surface area contributed by atoms with E-state index in [1.165, 1.54) is 6.08 Å². The number of rotatable bonds is 5. The lowest BCUT2D eigenvalue weighted by molar-refractivity contribution is -0.0903. The molecule has 2 unspecified atom stereocenters. The van der Waals surface area contributed by atoms with Crippen molar-refractivity contribution in [2.45, 2.75) is 69.0 Å². The van der Waals surface area contributed by atoms with E-state index in [1.54, 1.807) is 19.1 Å². The molecule has 0 radical (unpaired) electrons. The second kappa shape index (κ2) is 6.08. The van der Waals surface area contributed by atoms with Gasteiger partial charge in [0.1, 0.15) is 11.4 Å². The molecule has 0 aromatic heterocycles. The molecule has 0 aromatic carbocycles. The molecule has 5 nitrogen and oxygen atoms in total. The van der Waals surface area contributed by atoms with Gasteiger partial charge in [-0.05, 0) is 37.2 Å². The Balaban J connectivity index is 2.26. The quantitative estimate of drug-likeness (QED) is 0.291. The maximum absolute atomic E-state index is 12.6. The van der Waals surface area contributed by atoms with Crippen LogP contribution in [-0.4, -0.2) is 40.1 Å². The van der Waals surface area contributed by atoms with Crippen molar-refractivity contribution in [3.63, 3.8) is 0 Å². The van der Waals surface area contributed by atoms with Gasteiger partial charge in [0.15, 0.2) is 8.32 Å². The highest BCUT2D eigenvalue weighted by molar-refractivity contribution is 7.87. The molecule has 0 saturated heterocycles. The SMILES string of the molecule is CC12C=CC(CO[Si](C)(C)C(C)(C)C)(C=C(OS(=O)(=O)C(F)(F)F)C1)O2. The Labute approximate surface area is 153 Å². The van der Waals surface area contributed by atoms with Crippen molar-refractivity contribution in [2.75, 3.05) is 6.61 Å². The summed E-state index contributed by atoms with van der Waals surface area (Å²) in [7, 11) is -7.86. The zero-order chi connectivity index (χ0) is 20.2. The molecule has 2 rings (SSSR count).